The average Bonchev–Trinajstić information content (AvgIpc) is 3.18. The topological polar surface area (TPSA) is 47.6 Å². The molecule has 1 N–H and O–H groups in total. The summed E-state index contributed by atoms with van der Waals surface area (Å²) in [5.74, 6) is -1.29. The SMILES string of the molecule is Cc1c(Br)ccc2c1C(=CC1(c3cccc(Cl)c3)OCCO1)C(=O)N2. The number of hydrogen-bond acceptors (Lipinski definition) is 3. The van der Waals surface area contributed by atoms with Crippen molar-refractivity contribution < 1.29 is 14.3 Å². The maximum absolute atomic E-state index is 12.6. The van der Waals surface area contributed by atoms with Crippen molar-refractivity contribution in [2.24, 2.45) is 0 Å². The number of fused-ring (bicyclic) bond motifs is 1. The van der Waals surface area contributed by atoms with Crippen LogP contribution in [0.5, 0.6) is 0 Å². The summed E-state index contributed by atoms with van der Waals surface area (Å²) >= 11 is 9.67. The fourth-order valence-corrected chi connectivity index (χ4v) is 3.76. The van der Waals surface area contributed by atoms with E-state index < -0.39 is 5.79 Å². The molecule has 6 heteroatoms. The number of hydrogen-bond donors (Lipinski definition) is 1. The van der Waals surface area contributed by atoms with Crippen LogP contribution >= 0.6 is 27.5 Å². The third-order valence-corrected chi connectivity index (χ3v) is 5.53. The van der Waals surface area contributed by atoms with Crippen molar-refractivity contribution in [3.63, 3.8) is 0 Å². The van der Waals surface area contributed by atoms with Gasteiger partial charge < -0.3 is 14.8 Å². The molecule has 0 bridgehead atoms. The summed E-state index contributed by atoms with van der Waals surface area (Å²) < 4.78 is 12.8. The Labute approximate surface area is 158 Å². The van der Waals surface area contributed by atoms with Gasteiger partial charge in [0.1, 0.15) is 0 Å². The van der Waals surface area contributed by atoms with Crippen LogP contribution in [0, 0.1) is 6.92 Å². The number of anilines is 1. The van der Waals surface area contributed by atoms with Gasteiger partial charge in [-0.3, -0.25) is 4.79 Å². The fourth-order valence-electron chi connectivity index (χ4n) is 3.24. The van der Waals surface area contributed by atoms with Crippen LogP contribution in [0.4, 0.5) is 5.69 Å². The molecule has 1 fully saturated rings. The zero-order valence-corrected chi connectivity index (χ0v) is 15.8. The fraction of sp³-hybridized carbons (Fsp3) is 0.211. The summed E-state index contributed by atoms with van der Waals surface area (Å²) in [5.41, 5.74) is 3.94. The van der Waals surface area contributed by atoms with Crippen LogP contribution in [0.1, 0.15) is 16.7 Å². The lowest BCUT2D eigenvalue weighted by Crippen LogP contribution is -2.25. The molecule has 2 heterocycles. The van der Waals surface area contributed by atoms with Crippen molar-refractivity contribution in [2.75, 3.05) is 18.5 Å². The molecule has 4 rings (SSSR count). The first-order chi connectivity index (χ1) is 12.0. The molecule has 1 amide bonds. The van der Waals surface area contributed by atoms with E-state index in [2.05, 4.69) is 21.2 Å². The smallest absolute Gasteiger partial charge is 0.256 e. The number of halogens is 2. The standard InChI is InChI=1S/C19H15BrClNO3/c1-11-15(20)5-6-16-17(11)14(18(23)22-16)10-19(24-7-8-25-19)12-3-2-4-13(21)9-12/h2-6,9-10H,7-8H2,1H3,(H,22,23). The molecule has 0 saturated carbocycles. The quantitative estimate of drug-likeness (QED) is 0.720. The second-order valence-electron chi connectivity index (χ2n) is 5.98. The van der Waals surface area contributed by atoms with Crippen LogP contribution in [0.25, 0.3) is 5.57 Å². The van der Waals surface area contributed by atoms with Gasteiger partial charge in [-0.05, 0) is 42.8 Å². The highest BCUT2D eigenvalue weighted by Crippen LogP contribution is 2.42. The number of rotatable bonds is 2. The molecule has 25 heavy (non-hydrogen) atoms. The molecule has 2 aromatic carbocycles. The van der Waals surface area contributed by atoms with Gasteiger partial charge in [0.15, 0.2) is 0 Å². The second-order valence-corrected chi connectivity index (χ2v) is 7.27. The highest BCUT2D eigenvalue weighted by atomic mass is 79.9. The van der Waals surface area contributed by atoms with Crippen molar-refractivity contribution in [3.05, 3.63) is 68.7 Å². The summed E-state index contributed by atoms with van der Waals surface area (Å²) in [6.07, 6.45) is 1.76. The van der Waals surface area contributed by atoms with E-state index in [-0.39, 0.29) is 5.91 Å². The van der Waals surface area contributed by atoms with Gasteiger partial charge in [0, 0.05) is 26.3 Å². The molecule has 0 atom stereocenters. The minimum atomic E-state index is -1.12. The molecule has 0 spiro atoms. The Morgan fingerprint density at radius 2 is 2.00 bits per heavy atom. The molecule has 2 aromatic rings. The minimum absolute atomic E-state index is 0.170. The van der Waals surface area contributed by atoms with Crippen LogP contribution < -0.4 is 5.32 Å². The summed E-state index contributed by atoms with van der Waals surface area (Å²) in [6, 6.07) is 11.1. The predicted octanol–water partition coefficient (Wildman–Crippen LogP) is 4.65. The van der Waals surface area contributed by atoms with Gasteiger partial charge in [0.2, 0.25) is 5.79 Å². The first-order valence-corrected chi connectivity index (χ1v) is 9.05. The number of amides is 1. The highest BCUT2D eigenvalue weighted by Gasteiger charge is 2.40. The summed E-state index contributed by atoms with van der Waals surface area (Å²) in [7, 11) is 0. The van der Waals surface area contributed by atoms with Crippen LogP contribution in [-0.4, -0.2) is 19.1 Å². The molecular weight excluding hydrogens is 406 g/mol. The lowest BCUT2D eigenvalue weighted by atomic mass is 9.96. The lowest BCUT2D eigenvalue weighted by Gasteiger charge is -2.25. The van der Waals surface area contributed by atoms with Gasteiger partial charge in [-0.1, -0.05) is 39.7 Å². The maximum atomic E-state index is 12.6. The van der Waals surface area contributed by atoms with E-state index in [9.17, 15) is 4.79 Å². The number of nitrogens with one attached hydrogen (secondary N) is 1. The van der Waals surface area contributed by atoms with Gasteiger partial charge in [0.05, 0.1) is 18.8 Å². The molecule has 0 aromatic heterocycles. The molecule has 2 aliphatic heterocycles. The number of carbonyl (C=O) groups is 1. The van der Waals surface area contributed by atoms with E-state index in [0.717, 1.165) is 26.9 Å². The van der Waals surface area contributed by atoms with Crippen molar-refractivity contribution in [3.8, 4) is 0 Å². The largest absolute Gasteiger partial charge is 0.340 e. The molecule has 0 unspecified atom stereocenters. The van der Waals surface area contributed by atoms with Gasteiger partial charge >= 0.3 is 0 Å². The van der Waals surface area contributed by atoms with Crippen LogP contribution in [0.2, 0.25) is 5.02 Å². The first-order valence-electron chi connectivity index (χ1n) is 7.88. The zero-order chi connectivity index (χ0) is 17.6. The van der Waals surface area contributed by atoms with Crippen LogP contribution in [0.15, 0.2) is 46.9 Å². The third-order valence-electron chi connectivity index (χ3n) is 4.44. The van der Waals surface area contributed by atoms with E-state index in [4.69, 9.17) is 21.1 Å². The lowest BCUT2D eigenvalue weighted by molar-refractivity contribution is -0.124. The van der Waals surface area contributed by atoms with Gasteiger partial charge in [-0.15, -0.1) is 0 Å². The molecule has 4 nitrogen and oxygen atoms in total. The molecule has 0 radical (unpaired) electrons. The van der Waals surface area contributed by atoms with Crippen molar-refractivity contribution >= 4 is 44.7 Å². The Balaban J connectivity index is 1.89. The van der Waals surface area contributed by atoms with E-state index in [1.165, 1.54) is 0 Å². The number of ether oxygens (including phenoxy) is 2. The molecule has 128 valence electrons. The van der Waals surface area contributed by atoms with Gasteiger partial charge in [-0.25, -0.2) is 0 Å². The van der Waals surface area contributed by atoms with Crippen LogP contribution in [-0.2, 0) is 20.1 Å². The van der Waals surface area contributed by atoms with Crippen molar-refractivity contribution in [1.82, 2.24) is 0 Å². The zero-order valence-electron chi connectivity index (χ0n) is 13.4. The third kappa shape index (κ3) is 2.81. The monoisotopic (exact) mass is 419 g/mol. The number of carbonyl (C=O) groups excluding carboxylic acids is 1. The summed E-state index contributed by atoms with van der Waals surface area (Å²) in [6.45, 7) is 2.87. The van der Waals surface area contributed by atoms with E-state index in [1.807, 2.05) is 31.2 Å². The number of benzene rings is 2. The van der Waals surface area contributed by atoms with Crippen LogP contribution in [0.3, 0.4) is 0 Å². The average molecular weight is 421 g/mol. The minimum Gasteiger partial charge on any atom is -0.340 e. The Bertz CT molecular complexity index is 904. The van der Waals surface area contributed by atoms with E-state index in [0.29, 0.717) is 23.8 Å². The molecule has 1 saturated heterocycles. The second kappa shape index (κ2) is 6.25. The van der Waals surface area contributed by atoms with Crippen molar-refractivity contribution in [2.45, 2.75) is 12.7 Å². The Hall–Kier alpha value is -1.66. The first kappa shape index (κ1) is 16.8. The normalized spacial score (nSPS) is 20.0. The molecular formula is C19H15BrClNO3. The van der Waals surface area contributed by atoms with E-state index >= 15 is 0 Å². The Morgan fingerprint density at radius 1 is 1.24 bits per heavy atom. The predicted molar refractivity (Wildman–Crippen MR) is 101 cm³/mol. The summed E-state index contributed by atoms with van der Waals surface area (Å²) in [5, 5.41) is 3.49. The molecule has 0 aliphatic carbocycles. The molecule has 2 aliphatic rings. The van der Waals surface area contributed by atoms with E-state index in [1.54, 1.807) is 18.2 Å². The van der Waals surface area contributed by atoms with Crippen molar-refractivity contribution in [1.29, 1.82) is 0 Å². The highest BCUT2D eigenvalue weighted by molar-refractivity contribution is 9.10. The summed E-state index contributed by atoms with van der Waals surface area (Å²) in [4.78, 5) is 12.6. The Morgan fingerprint density at radius 3 is 2.72 bits per heavy atom. The Kier molecular flexibility index (Phi) is 4.20. The van der Waals surface area contributed by atoms with Gasteiger partial charge in [-0.2, -0.15) is 0 Å². The van der Waals surface area contributed by atoms with Gasteiger partial charge in [0.25, 0.3) is 5.91 Å². The maximum Gasteiger partial charge on any atom is 0.256 e.